The first kappa shape index (κ1) is 32.2. The Morgan fingerprint density at radius 1 is 1.24 bits per heavy atom. The van der Waals surface area contributed by atoms with Gasteiger partial charge in [-0.25, -0.2) is 4.79 Å². The second kappa shape index (κ2) is 14.8. The van der Waals surface area contributed by atoms with Gasteiger partial charge < -0.3 is 20.3 Å². The van der Waals surface area contributed by atoms with E-state index >= 15 is 0 Å². The number of hydrogen-bond acceptors (Lipinski definition) is 5. The number of amides is 1. The summed E-state index contributed by atoms with van der Waals surface area (Å²) < 4.78 is 5.72. The van der Waals surface area contributed by atoms with Crippen LogP contribution in [0.3, 0.4) is 0 Å². The van der Waals surface area contributed by atoms with Gasteiger partial charge in [-0.1, -0.05) is 76.6 Å². The lowest BCUT2D eigenvalue weighted by atomic mass is 9.54. The van der Waals surface area contributed by atoms with Gasteiger partial charge in [-0.3, -0.25) is 14.6 Å². The van der Waals surface area contributed by atoms with Gasteiger partial charge in [0, 0.05) is 33.7 Å². The highest BCUT2D eigenvalue weighted by atomic mass is 35.5. The van der Waals surface area contributed by atoms with E-state index in [-0.39, 0.29) is 19.4 Å². The number of pyridine rings is 1. The molecule has 0 saturated heterocycles. The molecule has 1 saturated carbocycles. The van der Waals surface area contributed by atoms with Crippen LogP contribution in [0.1, 0.15) is 53.2 Å². The Morgan fingerprint density at radius 3 is 2.35 bits per heavy atom. The van der Waals surface area contributed by atoms with Crippen LogP contribution < -0.4 is 10.1 Å². The van der Waals surface area contributed by atoms with Gasteiger partial charge in [-0.15, -0.1) is 0 Å². The van der Waals surface area contributed by atoms with Gasteiger partial charge in [0.25, 0.3) is 0 Å². The maximum Gasteiger partial charge on any atom is 0.326 e. The number of allylic oxidation sites excluding steroid dienone is 3. The SMILES string of the molecule is C=C/C(Cl)=C(COc1ccc(CC(NC(=O)C2CC(C(=O)O)C2(C)C)C(=O)O)nc1)\C(Cl)=C/CC.CC. The van der Waals surface area contributed by atoms with Crippen molar-refractivity contribution in [3.63, 3.8) is 0 Å². The van der Waals surface area contributed by atoms with Gasteiger partial charge in [0.15, 0.2) is 0 Å². The van der Waals surface area contributed by atoms with Gasteiger partial charge in [0.1, 0.15) is 18.4 Å². The second-order valence-electron chi connectivity index (χ2n) is 8.87. The minimum absolute atomic E-state index is 0.0463. The molecule has 1 heterocycles. The molecule has 0 radical (unpaired) electrons. The summed E-state index contributed by atoms with van der Waals surface area (Å²) >= 11 is 12.5. The maximum atomic E-state index is 12.7. The summed E-state index contributed by atoms with van der Waals surface area (Å²) in [6.45, 7) is 13.1. The number of halogens is 2. The van der Waals surface area contributed by atoms with E-state index in [2.05, 4.69) is 16.9 Å². The van der Waals surface area contributed by atoms with Crippen molar-refractivity contribution in [2.75, 3.05) is 6.61 Å². The first-order valence-corrected chi connectivity index (χ1v) is 12.9. The summed E-state index contributed by atoms with van der Waals surface area (Å²) in [6, 6.07) is 2.03. The number of carbonyl (C=O) groups excluding carboxylic acids is 1. The zero-order valence-electron chi connectivity index (χ0n) is 21.9. The zero-order chi connectivity index (χ0) is 28.3. The van der Waals surface area contributed by atoms with Gasteiger partial charge in [0.2, 0.25) is 5.91 Å². The number of nitrogens with zero attached hydrogens (tertiary/aromatic N) is 1. The molecule has 1 aromatic rings. The molecular formula is C27H36Cl2N2O6. The molecule has 0 spiro atoms. The van der Waals surface area contributed by atoms with Crippen molar-refractivity contribution in [2.24, 2.45) is 17.3 Å². The van der Waals surface area contributed by atoms with E-state index in [0.717, 1.165) is 6.42 Å². The van der Waals surface area contributed by atoms with Crippen LogP contribution in [0, 0.1) is 17.3 Å². The van der Waals surface area contributed by atoms with Crippen molar-refractivity contribution in [1.29, 1.82) is 0 Å². The standard InChI is InChI=1S/C25H30Cl2N2O6.C2H6/c1-5-7-20(27)16(19(26)6-2)13-35-15-9-8-14(28-12-15)10-21(24(33)34)29-22(30)17-11-18(23(31)32)25(17,3)4;1-2/h6-9,12,17-18,21H,2,5,10-11,13H2,1,3-4H3,(H,29,30)(H,31,32)(H,33,34);1-2H3/b19-16+,20-7+;. The number of aliphatic carboxylic acids is 2. The van der Waals surface area contributed by atoms with Gasteiger partial charge in [-0.2, -0.15) is 0 Å². The van der Waals surface area contributed by atoms with E-state index in [4.69, 9.17) is 27.9 Å². The van der Waals surface area contributed by atoms with Crippen molar-refractivity contribution in [2.45, 2.75) is 59.9 Å². The molecule has 8 nitrogen and oxygen atoms in total. The van der Waals surface area contributed by atoms with Gasteiger partial charge >= 0.3 is 11.9 Å². The van der Waals surface area contributed by atoms with Crippen molar-refractivity contribution < 1.29 is 29.3 Å². The van der Waals surface area contributed by atoms with Gasteiger partial charge in [0.05, 0.1) is 12.1 Å². The Morgan fingerprint density at radius 2 is 1.89 bits per heavy atom. The summed E-state index contributed by atoms with van der Waals surface area (Å²) in [5.41, 5.74) is 0.254. The predicted octanol–water partition coefficient (Wildman–Crippen LogP) is 5.56. The van der Waals surface area contributed by atoms with Crippen LogP contribution in [0.15, 0.2) is 52.7 Å². The van der Waals surface area contributed by atoms with Crippen LogP contribution in [0.2, 0.25) is 0 Å². The molecule has 1 aliphatic rings. The van der Waals surface area contributed by atoms with Crippen LogP contribution in [-0.4, -0.2) is 45.7 Å². The molecule has 2 rings (SSSR count). The molecule has 1 amide bonds. The summed E-state index contributed by atoms with van der Waals surface area (Å²) in [5.74, 6) is -3.44. The van der Waals surface area contributed by atoms with Crippen molar-refractivity contribution in [1.82, 2.24) is 10.3 Å². The summed E-state index contributed by atoms with van der Waals surface area (Å²) in [6.07, 6.45) is 5.57. The Balaban J connectivity index is 0.00000334. The number of carbonyl (C=O) groups is 3. The van der Waals surface area contributed by atoms with Gasteiger partial charge in [-0.05, 0) is 30.4 Å². The molecule has 10 heteroatoms. The number of nitrogens with one attached hydrogen (secondary N) is 1. The molecular weight excluding hydrogens is 519 g/mol. The number of aromatic nitrogens is 1. The average Bonchev–Trinajstić information content (AvgIpc) is 2.84. The molecule has 37 heavy (non-hydrogen) atoms. The lowest BCUT2D eigenvalue weighted by Crippen LogP contribution is -2.57. The summed E-state index contributed by atoms with van der Waals surface area (Å²) in [7, 11) is 0. The fourth-order valence-electron chi connectivity index (χ4n) is 3.92. The van der Waals surface area contributed by atoms with Crippen LogP contribution >= 0.6 is 23.2 Å². The molecule has 1 aromatic heterocycles. The second-order valence-corrected chi connectivity index (χ2v) is 9.68. The normalized spacial score (nSPS) is 19.7. The summed E-state index contributed by atoms with van der Waals surface area (Å²) in [4.78, 5) is 39.9. The van der Waals surface area contributed by atoms with Crippen LogP contribution in [0.5, 0.6) is 5.75 Å². The Bertz CT molecular complexity index is 1030. The largest absolute Gasteiger partial charge is 0.487 e. The molecule has 3 N–H and O–H groups in total. The number of carboxylic acids is 2. The molecule has 1 aliphatic carbocycles. The topological polar surface area (TPSA) is 126 Å². The molecule has 0 aliphatic heterocycles. The molecule has 1 fully saturated rings. The number of hydrogen-bond donors (Lipinski definition) is 3. The predicted molar refractivity (Wildman–Crippen MR) is 145 cm³/mol. The van der Waals surface area contributed by atoms with Crippen LogP contribution in [0.25, 0.3) is 0 Å². The highest BCUT2D eigenvalue weighted by Crippen LogP contribution is 2.51. The Kier molecular flexibility index (Phi) is 12.9. The smallest absolute Gasteiger partial charge is 0.326 e. The fourth-order valence-corrected chi connectivity index (χ4v) is 4.44. The van der Waals surface area contributed by atoms with Crippen molar-refractivity contribution in [3.8, 4) is 5.75 Å². The molecule has 3 atom stereocenters. The first-order valence-electron chi connectivity index (χ1n) is 12.1. The first-order chi connectivity index (χ1) is 17.4. The van der Waals surface area contributed by atoms with Crippen molar-refractivity contribution >= 4 is 41.0 Å². The molecule has 3 unspecified atom stereocenters. The average molecular weight is 555 g/mol. The minimum atomic E-state index is -1.21. The number of carboxylic acid groups (broad SMARTS) is 2. The number of ether oxygens (including phenoxy) is 1. The third-order valence-electron chi connectivity index (χ3n) is 6.23. The number of rotatable bonds is 12. The highest BCUT2D eigenvalue weighted by molar-refractivity contribution is 6.36. The minimum Gasteiger partial charge on any atom is -0.487 e. The fraction of sp³-hybridized carbons (Fsp3) is 0.481. The van der Waals surface area contributed by atoms with E-state index in [1.54, 1.807) is 32.1 Å². The molecule has 0 aromatic carbocycles. The highest BCUT2D eigenvalue weighted by Gasteiger charge is 2.55. The van der Waals surface area contributed by atoms with E-state index in [1.807, 2.05) is 20.8 Å². The van der Waals surface area contributed by atoms with Crippen molar-refractivity contribution in [3.05, 3.63) is 58.4 Å². The van der Waals surface area contributed by atoms with E-state index in [0.29, 0.717) is 27.1 Å². The summed E-state index contributed by atoms with van der Waals surface area (Å²) in [5, 5.41) is 22.2. The quantitative estimate of drug-likeness (QED) is 0.289. The van der Waals surface area contributed by atoms with E-state index in [9.17, 15) is 24.6 Å². The Labute approximate surface area is 228 Å². The lowest BCUT2D eigenvalue weighted by molar-refractivity contribution is -0.164. The maximum absolute atomic E-state index is 12.7. The van der Waals surface area contributed by atoms with Crippen LogP contribution in [0.4, 0.5) is 0 Å². The third kappa shape index (κ3) is 8.61. The molecule has 0 bridgehead atoms. The third-order valence-corrected chi connectivity index (χ3v) is 6.99. The van der Waals surface area contributed by atoms with E-state index < -0.39 is 41.1 Å². The van der Waals surface area contributed by atoms with Crippen LogP contribution in [-0.2, 0) is 20.8 Å². The Hall–Kier alpha value is -2.84. The molecule has 204 valence electrons. The zero-order valence-corrected chi connectivity index (χ0v) is 23.4. The monoisotopic (exact) mass is 554 g/mol. The van der Waals surface area contributed by atoms with E-state index in [1.165, 1.54) is 12.3 Å². The lowest BCUT2D eigenvalue weighted by Gasteiger charge is -2.48.